The van der Waals surface area contributed by atoms with E-state index in [0.717, 1.165) is 17.7 Å². The van der Waals surface area contributed by atoms with Crippen LogP contribution in [-0.4, -0.2) is 23.0 Å². The molecule has 1 N–H and O–H groups in total. The summed E-state index contributed by atoms with van der Waals surface area (Å²) >= 11 is 5.85. The van der Waals surface area contributed by atoms with Gasteiger partial charge in [0.15, 0.2) is 0 Å². The fourth-order valence-corrected chi connectivity index (χ4v) is 2.24. The van der Waals surface area contributed by atoms with Crippen molar-refractivity contribution < 1.29 is 9.90 Å². The van der Waals surface area contributed by atoms with E-state index < -0.39 is 5.97 Å². The predicted molar refractivity (Wildman–Crippen MR) is 80.0 cm³/mol. The molecule has 0 saturated heterocycles. The highest BCUT2D eigenvalue weighted by molar-refractivity contribution is 6.30. The lowest BCUT2D eigenvalue weighted by molar-refractivity contribution is 0.0694. The summed E-state index contributed by atoms with van der Waals surface area (Å²) in [5, 5.41) is 9.88. The van der Waals surface area contributed by atoms with Gasteiger partial charge in [0.2, 0.25) is 0 Å². The van der Waals surface area contributed by atoms with Crippen LogP contribution in [-0.2, 0) is 13.1 Å². The minimum absolute atomic E-state index is 0.357. The zero-order valence-electron chi connectivity index (χ0n) is 11.2. The fraction of sp³-hybridized carbons (Fsp3) is 0.188. The number of carboxylic acid groups (broad SMARTS) is 1. The molecule has 0 aliphatic carbocycles. The molecule has 0 bridgehead atoms. The quantitative estimate of drug-likeness (QED) is 0.913. The van der Waals surface area contributed by atoms with Gasteiger partial charge in [-0.3, -0.25) is 4.90 Å². The van der Waals surface area contributed by atoms with Gasteiger partial charge in [-0.15, -0.1) is 0 Å². The maximum atomic E-state index is 11.2. The van der Waals surface area contributed by atoms with Gasteiger partial charge in [-0.25, -0.2) is 4.79 Å². The third-order valence-corrected chi connectivity index (χ3v) is 3.31. The van der Waals surface area contributed by atoms with E-state index >= 15 is 0 Å². The van der Waals surface area contributed by atoms with Gasteiger partial charge in [-0.2, -0.15) is 0 Å². The molecule has 0 aliphatic rings. The molecule has 2 rings (SSSR count). The van der Waals surface area contributed by atoms with Crippen molar-refractivity contribution in [3.05, 3.63) is 70.2 Å². The first-order valence-corrected chi connectivity index (χ1v) is 6.68. The van der Waals surface area contributed by atoms with Crippen molar-refractivity contribution in [3.63, 3.8) is 0 Å². The number of aromatic carboxylic acids is 1. The van der Waals surface area contributed by atoms with Gasteiger partial charge in [-0.1, -0.05) is 41.9 Å². The first kappa shape index (κ1) is 14.6. The first-order chi connectivity index (χ1) is 9.56. The average molecular weight is 290 g/mol. The van der Waals surface area contributed by atoms with Crippen LogP contribution in [0.1, 0.15) is 21.5 Å². The number of carbonyl (C=O) groups is 1. The van der Waals surface area contributed by atoms with Crippen molar-refractivity contribution >= 4 is 17.6 Å². The Kier molecular flexibility index (Phi) is 4.77. The molecule has 0 spiro atoms. The molecule has 0 radical (unpaired) electrons. The van der Waals surface area contributed by atoms with E-state index in [1.165, 1.54) is 0 Å². The Morgan fingerprint density at radius 3 is 2.40 bits per heavy atom. The van der Waals surface area contributed by atoms with Crippen LogP contribution < -0.4 is 0 Å². The number of rotatable bonds is 5. The summed E-state index contributed by atoms with van der Waals surface area (Å²) in [6.45, 7) is 1.33. The second-order valence-electron chi connectivity index (χ2n) is 4.76. The highest BCUT2D eigenvalue weighted by atomic mass is 35.5. The number of carboxylic acids is 1. The normalized spacial score (nSPS) is 10.8. The van der Waals surface area contributed by atoms with E-state index in [1.807, 2.05) is 43.4 Å². The zero-order chi connectivity index (χ0) is 14.5. The summed E-state index contributed by atoms with van der Waals surface area (Å²) in [5.41, 5.74) is 2.32. The average Bonchev–Trinajstić information content (AvgIpc) is 2.41. The van der Waals surface area contributed by atoms with Gasteiger partial charge in [-0.05, 0) is 36.4 Å². The smallest absolute Gasteiger partial charge is 0.336 e. The minimum Gasteiger partial charge on any atom is -0.478 e. The summed E-state index contributed by atoms with van der Waals surface area (Å²) in [7, 11) is 1.97. The molecule has 0 aromatic heterocycles. The van der Waals surface area contributed by atoms with Crippen molar-refractivity contribution in [2.24, 2.45) is 0 Å². The van der Waals surface area contributed by atoms with Gasteiger partial charge < -0.3 is 5.11 Å². The van der Waals surface area contributed by atoms with Gasteiger partial charge in [0.1, 0.15) is 0 Å². The Bertz CT molecular complexity index is 596. The lowest BCUT2D eigenvalue weighted by Crippen LogP contribution is -2.19. The number of nitrogens with zero attached hydrogens (tertiary/aromatic N) is 1. The Morgan fingerprint density at radius 2 is 1.75 bits per heavy atom. The topological polar surface area (TPSA) is 40.5 Å². The maximum Gasteiger partial charge on any atom is 0.336 e. The van der Waals surface area contributed by atoms with Gasteiger partial charge in [0.25, 0.3) is 0 Å². The van der Waals surface area contributed by atoms with E-state index in [1.54, 1.807) is 12.1 Å². The molecular formula is C16H16ClNO2. The summed E-state index contributed by atoms with van der Waals surface area (Å²) < 4.78 is 0. The van der Waals surface area contributed by atoms with Crippen molar-refractivity contribution in [3.8, 4) is 0 Å². The monoisotopic (exact) mass is 289 g/mol. The fourth-order valence-electron chi connectivity index (χ4n) is 2.12. The Hall–Kier alpha value is -1.84. The maximum absolute atomic E-state index is 11.2. The Morgan fingerprint density at radius 1 is 1.10 bits per heavy atom. The summed E-state index contributed by atoms with van der Waals surface area (Å²) in [4.78, 5) is 13.2. The molecule has 3 nitrogen and oxygen atoms in total. The molecule has 2 aromatic carbocycles. The van der Waals surface area contributed by atoms with Gasteiger partial charge >= 0.3 is 5.97 Å². The minimum atomic E-state index is -0.888. The van der Waals surface area contributed by atoms with Crippen LogP contribution >= 0.6 is 11.6 Å². The summed E-state index contributed by atoms with van der Waals surface area (Å²) in [6, 6.07) is 14.7. The third kappa shape index (κ3) is 3.83. The molecule has 2 aromatic rings. The van der Waals surface area contributed by atoms with Crippen LogP contribution in [0.4, 0.5) is 0 Å². The first-order valence-electron chi connectivity index (χ1n) is 6.30. The standard InChI is InChI=1S/C16H16ClNO2/c1-18(10-12-6-8-14(17)9-7-12)11-13-4-2-3-5-15(13)16(19)20/h2-9H,10-11H2,1H3,(H,19,20). The molecule has 104 valence electrons. The Balaban J connectivity index is 2.06. The molecule has 0 amide bonds. The van der Waals surface area contributed by atoms with Crippen LogP contribution in [0.2, 0.25) is 5.02 Å². The second-order valence-corrected chi connectivity index (χ2v) is 5.20. The molecule has 0 saturated carbocycles. The molecular weight excluding hydrogens is 274 g/mol. The van der Waals surface area contributed by atoms with Crippen LogP contribution in [0.3, 0.4) is 0 Å². The van der Waals surface area contributed by atoms with Crippen LogP contribution in [0.25, 0.3) is 0 Å². The molecule has 0 atom stereocenters. The van der Waals surface area contributed by atoms with Gasteiger partial charge in [0.05, 0.1) is 5.56 Å². The molecule has 0 aliphatic heterocycles. The van der Waals surface area contributed by atoms with E-state index in [4.69, 9.17) is 16.7 Å². The zero-order valence-corrected chi connectivity index (χ0v) is 12.0. The number of hydrogen-bond donors (Lipinski definition) is 1. The molecule has 0 fully saturated rings. The lowest BCUT2D eigenvalue weighted by atomic mass is 10.1. The van der Waals surface area contributed by atoms with Crippen LogP contribution in [0.15, 0.2) is 48.5 Å². The van der Waals surface area contributed by atoms with Crippen LogP contribution in [0, 0.1) is 0 Å². The number of halogens is 1. The Labute approximate surface area is 123 Å². The summed E-state index contributed by atoms with van der Waals surface area (Å²) in [6.07, 6.45) is 0. The third-order valence-electron chi connectivity index (χ3n) is 3.05. The molecule has 0 unspecified atom stereocenters. The highest BCUT2D eigenvalue weighted by Crippen LogP contribution is 2.14. The van der Waals surface area contributed by atoms with Crippen LogP contribution in [0.5, 0.6) is 0 Å². The van der Waals surface area contributed by atoms with E-state index in [2.05, 4.69) is 4.90 Å². The van der Waals surface area contributed by atoms with E-state index in [9.17, 15) is 4.79 Å². The lowest BCUT2D eigenvalue weighted by Gasteiger charge is -2.18. The van der Waals surface area contributed by atoms with Gasteiger partial charge in [0, 0.05) is 18.1 Å². The number of benzene rings is 2. The highest BCUT2D eigenvalue weighted by Gasteiger charge is 2.10. The molecule has 0 heterocycles. The van der Waals surface area contributed by atoms with Crippen molar-refractivity contribution in [1.29, 1.82) is 0 Å². The molecule has 20 heavy (non-hydrogen) atoms. The van der Waals surface area contributed by atoms with Crippen molar-refractivity contribution in [2.45, 2.75) is 13.1 Å². The second kappa shape index (κ2) is 6.55. The summed E-state index contributed by atoms with van der Waals surface area (Å²) in [5.74, 6) is -0.888. The number of hydrogen-bond acceptors (Lipinski definition) is 2. The van der Waals surface area contributed by atoms with E-state index in [-0.39, 0.29) is 0 Å². The molecule has 4 heteroatoms. The SMILES string of the molecule is CN(Cc1ccc(Cl)cc1)Cc1ccccc1C(=O)O. The largest absolute Gasteiger partial charge is 0.478 e. The van der Waals surface area contributed by atoms with Crippen molar-refractivity contribution in [2.75, 3.05) is 7.05 Å². The van der Waals surface area contributed by atoms with E-state index in [0.29, 0.717) is 17.1 Å². The predicted octanol–water partition coefficient (Wildman–Crippen LogP) is 3.67. The van der Waals surface area contributed by atoms with Crippen molar-refractivity contribution in [1.82, 2.24) is 4.90 Å².